The van der Waals surface area contributed by atoms with E-state index in [1.807, 2.05) is 13.0 Å². The maximum absolute atomic E-state index is 12.7. The maximum atomic E-state index is 12.7. The highest BCUT2D eigenvalue weighted by molar-refractivity contribution is 7.90. The van der Waals surface area contributed by atoms with Gasteiger partial charge in [-0.2, -0.15) is 21.6 Å². The average molecular weight is 468 g/mol. The van der Waals surface area contributed by atoms with Crippen molar-refractivity contribution in [2.24, 2.45) is 4.40 Å². The molecule has 11 heteroatoms. The van der Waals surface area contributed by atoms with Gasteiger partial charge in [-0.1, -0.05) is 12.1 Å². The Kier molecular flexibility index (Phi) is 6.24. The van der Waals surface area contributed by atoms with Crippen molar-refractivity contribution in [2.45, 2.75) is 31.0 Å². The first-order valence-corrected chi connectivity index (χ1v) is 11.7. The van der Waals surface area contributed by atoms with Crippen LogP contribution in [0.25, 0.3) is 0 Å². The lowest BCUT2D eigenvalue weighted by Crippen LogP contribution is -2.38. The molecule has 4 rings (SSSR count). The Bertz CT molecular complexity index is 1120. The zero-order valence-electron chi connectivity index (χ0n) is 17.6. The van der Waals surface area contributed by atoms with E-state index in [-0.39, 0.29) is 4.90 Å². The van der Waals surface area contributed by atoms with E-state index in [0.29, 0.717) is 37.7 Å². The van der Waals surface area contributed by atoms with E-state index in [0.717, 1.165) is 36.7 Å². The van der Waals surface area contributed by atoms with Gasteiger partial charge < -0.3 is 5.32 Å². The molecule has 0 atom stereocenters. The number of nitrogens with zero attached hydrogens (tertiary/aromatic N) is 4. The van der Waals surface area contributed by atoms with Crippen molar-refractivity contribution in [3.63, 3.8) is 0 Å². The van der Waals surface area contributed by atoms with Gasteiger partial charge in [0.25, 0.3) is 10.0 Å². The number of halogens is 3. The Hall–Kier alpha value is -2.50. The molecule has 1 aromatic carbocycles. The van der Waals surface area contributed by atoms with Gasteiger partial charge in [-0.15, -0.1) is 4.40 Å². The smallest absolute Gasteiger partial charge is 0.341 e. The van der Waals surface area contributed by atoms with E-state index in [1.54, 1.807) is 12.1 Å². The van der Waals surface area contributed by atoms with Gasteiger partial charge in [0.05, 0.1) is 12.2 Å². The zero-order chi connectivity index (χ0) is 22.9. The monoisotopic (exact) mass is 467 g/mol. The molecule has 1 fully saturated rings. The van der Waals surface area contributed by atoms with Gasteiger partial charge in [0.15, 0.2) is 0 Å². The molecule has 1 saturated heterocycles. The van der Waals surface area contributed by atoms with Crippen LogP contribution in [0.1, 0.15) is 23.2 Å². The molecule has 0 radical (unpaired) electrons. The molecule has 2 aliphatic rings. The Morgan fingerprint density at radius 3 is 2.41 bits per heavy atom. The highest BCUT2D eigenvalue weighted by Crippen LogP contribution is 2.29. The molecule has 7 nitrogen and oxygen atoms in total. The summed E-state index contributed by atoms with van der Waals surface area (Å²) in [5.41, 5.74) is 1.22. The normalized spacial score (nSPS) is 19.6. The number of fused-ring (bicyclic) bond motifs is 1. The second-order valence-corrected chi connectivity index (χ2v) is 9.67. The van der Waals surface area contributed by atoms with Crippen molar-refractivity contribution in [1.29, 1.82) is 0 Å². The van der Waals surface area contributed by atoms with Crippen molar-refractivity contribution >= 4 is 21.5 Å². The van der Waals surface area contributed by atoms with Crippen LogP contribution in [0.4, 0.5) is 18.9 Å². The first kappa shape index (κ1) is 22.7. The van der Waals surface area contributed by atoms with Crippen molar-refractivity contribution in [3.8, 4) is 0 Å². The summed E-state index contributed by atoms with van der Waals surface area (Å²) < 4.78 is 67.1. The lowest BCUT2D eigenvalue weighted by atomic mass is 10.2. The van der Waals surface area contributed by atoms with Crippen molar-refractivity contribution in [3.05, 3.63) is 53.3 Å². The topological polar surface area (TPSA) is 77.9 Å². The summed E-state index contributed by atoms with van der Waals surface area (Å²) >= 11 is 0. The number of pyridine rings is 1. The third-order valence-electron chi connectivity index (χ3n) is 5.50. The molecular weight excluding hydrogens is 443 g/mol. The van der Waals surface area contributed by atoms with Crippen LogP contribution in [0.15, 0.2) is 45.8 Å². The Morgan fingerprint density at radius 1 is 1.03 bits per heavy atom. The molecule has 172 valence electrons. The quantitative estimate of drug-likeness (QED) is 0.745. The van der Waals surface area contributed by atoms with E-state index in [2.05, 4.69) is 24.5 Å². The highest BCUT2D eigenvalue weighted by atomic mass is 32.2. The molecule has 3 heterocycles. The van der Waals surface area contributed by atoms with Crippen LogP contribution in [-0.2, 0) is 22.7 Å². The number of aromatic nitrogens is 1. The number of sulfonamides is 1. The molecule has 0 bridgehead atoms. The van der Waals surface area contributed by atoms with E-state index in [1.165, 1.54) is 12.3 Å². The second-order valence-electron chi connectivity index (χ2n) is 8.09. The van der Waals surface area contributed by atoms with Crippen LogP contribution >= 0.6 is 0 Å². The third-order valence-corrected chi connectivity index (χ3v) is 6.85. The lowest BCUT2D eigenvalue weighted by Gasteiger charge is -2.25. The van der Waals surface area contributed by atoms with E-state index >= 15 is 0 Å². The number of benzene rings is 1. The fourth-order valence-electron chi connectivity index (χ4n) is 3.88. The summed E-state index contributed by atoms with van der Waals surface area (Å²) in [5, 5.41) is 3.13. The second kappa shape index (κ2) is 8.80. The van der Waals surface area contributed by atoms with Crippen molar-refractivity contribution in [2.75, 3.05) is 38.0 Å². The summed E-state index contributed by atoms with van der Waals surface area (Å²) in [6, 6.07) is 7.68. The molecule has 32 heavy (non-hydrogen) atoms. The van der Waals surface area contributed by atoms with Crippen molar-refractivity contribution in [1.82, 2.24) is 14.8 Å². The molecule has 0 spiro atoms. The molecule has 0 aliphatic carbocycles. The minimum absolute atomic E-state index is 0.188. The number of hydrogen-bond acceptors (Lipinski definition) is 6. The van der Waals surface area contributed by atoms with Gasteiger partial charge in [-0.25, -0.2) is 0 Å². The summed E-state index contributed by atoms with van der Waals surface area (Å²) in [5.74, 6) is 0.391. The van der Waals surface area contributed by atoms with Crippen LogP contribution in [0.3, 0.4) is 0 Å². The Balaban J connectivity index is 1.36. The number of nitrogens with one attached hydrogen (secondary N) is 1. The molecule has 1 aromatic heterocycles. The molecular formula is C21H24F3N5O2S. The van der Waals surface area contributed by atoms with Gasteiger partial charge in [0, 0.05) is 25.8 Å². The third kappa shape index (κ3) is 5.28. The molecule has 0 amide bonds. The number of amidine groups is 1. The van der Waals surface area contributed by atoms with Crippen LogP contribution in [0.5, 0.6) is 0 Å². The van der Waals surface area contributed by atoms with Crippen LogP contribution in [0.2, 0.25) is 0 Å². The molecule has 0 unspecified atom stereocenters. The predicted molar refractivity (Wildman–Crippen MR) is 115 cm³/mol. The molecule has 2 aromatic rings. The minimum Gasteiger partial charge on any atom is -0.341 e. The maximum Gasteiger partial charge on any atom is 0.433 e. The summed E-state index contributed by atoms with van der Waals surface area (Å²) in [6.07, 6.45) is -2.32. The fraction of sp³-hybridized carbons (Fsp3) is 0.429. The summed E-state index contributed by atoms with van der Waals surface area (Å²) in [6.45, 7) is 5.67. The number of aryl methyl sites for hydroxylation is 1. The first-order valence-electron chi connectivity index (χ1n) is 10.3. The molecule has 0 saturated carbocycles. The van der Waals surface area contributed by atoms with E-state index in [9.17, 15) is 21.6 Å². The number of alkyl halides is 3. The van der Waals surface area contributed by atoms with Gasteiger partial charge >= 0.3 is 6.18 Å². The predicted octanol–water partition coefficient (Wildman–Crippen LogP) is 3.13. The van der Waals surface area contributed by atoms with E-state index in [4.69, 9.17) is 0 Å². The van der Waals surface area contributed by atoms with Crippen LogP contribution < -0.4 is 5.32 Å². The number of rotatable bonds is 4. The number of anilines is 1. The summed E-state index contributed by atoms with van der Waals surface area (Å²) in [4.78, 5) is 8.01. The lowest BCUT2D eigenvalue weighted by molar-refractivity contribution is -0.141. The van der Waals surface area contributed by atoms with Gasteiger partial charge in [0.2, 0.25) is 0 Å². The summed E-state index contributed by atoms with van der Waals surface area (Å²) in [7, 11) is -3.74. The first-order chi connectivity index (χ1) is 15.1. The molecule has 1 N–H and O–H groups in total. The largest absolute Gasteiger partial charge is 0.433 e. The van der Waals surface area contributed by atoms with E-state index < -0.39 is 21.9 Å². The zero-order valence-corrected chi connectivity index (χ0v) is 18.4. The minimum atomic E-state index is -4.44. The van der Waals surface area contributed by atoms with Crippen LogP contribution in [-0.4, -0.2) is 61.8 Å². The molecule has 2 aliphatic heterocycles. The SMILES string of the molecule is Cc1ccc2c(c1)S(=O)(=O)N=C(CN1CCCN(Cc3ccc(C(F)(F)F)nc3)CC1)N2. The number of hydrogen-bond donors (Lipinski definition) is 1. The van der Waals surface area contributed by atoms with Crippen LogP contribution in [0, 0.1) is 6.92 Å². The van der Waals surface area contributed by atoms with Gasteiger partial charge in [-0.3, -0.25) is 14.8 Å². The van der Waals surface area contributed by atoms with Crippen molar-refractivity contribution < 1.29 is 21.6 Å². The van der Waals surface area contributed by atoms with Gasteiger partial charge in [-0.05, 0) is 55.8 Å². The van der Waals surface area contributed by atoms with Gasteiger partial charge in [0.1, 0.15) is 16.4 Å². The Labute approximate surface area is 185 Å². The standard InChI is InChI=1S/C21H24F3N5O2S/c1-15-3-5-17-18(11-15)32(30,31)27-20(26-17)14-29-8-2-7-28(9-10-29)13-16-4-6-19(25-12-16)21(22,23)24/h3-6,11-12H,2,7-10,13-14H2,1H3,(H,26,27). The fourth-order valence-corrected chi connectivity index (χ4v) is 5.11. The highest BCUT2D eigenvalue weighted by Gasteiger charge is 2.32. The average Bonchev–Trinajstić information content (AvgIpc) is 2.93. The Morgan fingerprint density at radius 2 is 1.75 bits per heavy atom.